The lowest BCUT2D eigenvalue weighted by atomic mass is 9.80. The Morgan fingerprint density at radius 2 is 2.17 bits per heavy atom. The van der Waals surface area contributed by atoms with Crippen molar-refractivity contribution in [2.45, 2.75) is 38.1 Å². The first-order valence-electron chi connectivity index (χ1n) is 8.59. The minimum absolute atomic E-state index is 0.240. The summed E-state index contributed by atoms with van der Waals surface area (Å²) in [4.78, 5) is 14.1. The van der Waals surface area contributed by atoms with Crippen LogP contribution in [0, 0.1) is 0 Å². The first kappa shape index (κ1) is 15.8. The maximum Gasteiger partial charge on any atom is 0.214 e. The van der Waals surface area contributed by atoms with Crippen LogP contribution in [0.25, 0.3) is 11.0 Å². The summed E-state index contributed by atoms with van der Waals surface area (Å²) in [6.45, 7) is 4.19. The molecule has 1 spiro atoms. The second-order valence-electron chi connectivity index (χ2n) is 6.82. The van der Waals surface area contributed by atoms with Gasteiger partial charge in [0.2, 0.25) is 10.0 Å². The summed E-state index contributed by atoms with van der Waals surface area (Å²) in [5.74, 6) is 1.14. The number of piperidine rings is 1. The predicted octanol–water partition coefficient (Wildman–Crippen LogP) is 1.74. The number of aromatic nitrogens is 3. The number of rotatable bonds is 4. The lowest BCUT2D eigenvalue weighted by molar-refractivity contribution is 0.0551. The van der Waals surface area contributed by atoms with Crippen molar-refractivity contribution in [1.82, 2.24) is 19.3 Å². The summed E-state index contributed by atoms with van der Waals surface area (Å²) in [5, 5.41) is 0.997. The molecular formula is C16H23N5O2S. The quantitative estimate of drug-likeness (QED) is 0.909. The molecule has 24 heavy (non-hydrogen) atoms. The van der Waals surface area contributed by atoms with Crippen LogP contribution >= 0.6 is 0 Å². The van der Waals surface area contributed by atoms with Crippen molar-refractivity contribution < 1.29 is 8.42 Å². The van der Waals surface area contributed by atoms with Gasteiger partial charge in [-0.1, -0.05) is 6.92 Å². The van der Waals surface area contributed by atoms with Crippen molar-refractivity contribution in [3.8, 4) is 0 Å². The third-order valence-electron chi connectivity index (χ3n) is 5.29. The highest BCUT2D eigenvalue weighted by Gasteiger charge is 2.52. The molecule has 0 amide bonds. The number of hydrogen-bond acceptors (Lipinski definition) is 5. The molecule has 0 radical (unpaired) electrons. The van der Waals surface area contributed by atoms with Crippen LogP contribution in [0.2, 0.25) is 0 Å². The molecule has 2 saturated heterocycles. The van der Waals surface area contributed by atoms with Gasteiger partial charge in [0.15, 0.2) is 0 Å². The van der Waals surface area contributed by atoms with Crippen molar-refractivity contribution in [3.63, 3.8) is 0 Å². The van der Waals surface area contributed by atoms with Crippen LogP contribution in [0.15, 0.2) is 18.6 Å². The standard InChI is InChI=1S/C16H23N5O2S/c1-2-10-24(22,23)21-9-6-16(21)5-3-8-20(11-16)15-13-4-7-17-14(13)18-12-19-15/h4,7,12H,2-3,5-6,8-11H2,1H3,(H,17,18,19). The Kier molecular flexibility index (Phi) is 3.76. The number of H-pyrrole nitrogens is 1. The maximum absolute atomic E-state index is 12.6. The normalized spacial score (nSPS) is 25.3. The Bertz CT molecular complexity index is 849. The summed E-state index contributed by atoms with van der Waals surface area (Å²) in [5.41, 5.74) is 0.573. The number of fused-ring (bicyclic) bond motifs is 1. The summed E-state index contributed by atoms with van der Waals surface area (Å²) >= 11 is 0. The monoisotopic (exact) mass is 349 g/mol. The van der Waals surface area contributed by atoms with Gasteiger partial charge in [0.1, 0.15) is 17.8 Å². The third-order valence-corrected chi connectivity index (χ3v) is 7.46. The van der Waals surface area contributed by atoms with Gasteiger partial charge in [0.05, 0.1) is 16.7 Å². The molecule has 0 aromatic carbocycles. The molecule has 2 fully saturated rings. The lowest BCUT2D eigenvalue weighted by Gasteiger charge is -2.56. The van der Waals surface area contributed by atoms with Gasteiger partial charge in [0.25, 0.3) is 0 Å². The fourth-order valence-electron chi connectivity index (χ4n) is 4.13. The first-order chi connectivity index (χ1) is 11.6. The molecule has 2 aromatic rings. The molecule has 8 heteroatoms. The zero-order chi connectivity index (χ0) is 16.8. The molecule has 2 aliphatic rings. The molecule has 0 saturated carbocycles. The number of nitrogens with one attached hydrogen (secondary N) is 1. The molecule has 4 heterocycles. The highest BCUT2D eigenvalue weighted by Crippen LogP contribution is 2.42. The van der Waals surface area contributed by atoms with E-state index in [9.17, 15) is 8.42 Å². The molecule has 1 atom stereocenters. The van der Waals surface area contributed by atoms with Crippen LogP contribution in [-0.4, -0.2) is 58.6 Å². The Labute approximate surface area is 142 Å². The third kappa shape index (κ3) is 2.39. The number of aromatic amines is 1. The van der Waals surface area contributed by atoms with Crippen LogP contribution in [-0.2, 0) is 10.0 Å². The summed E-state index contributed by atoms with van der Waals surface area (Å²) in [6.07, 6.45) is 6.95. The second kappa shape index (κ2) is 5.70. The van der Waals surface area contributed by atoms with E-state index in [0.717, 1.165) is 42.7 Å². The maximum atomic E-state index is 12.6. The van der Waals surface area contributed by atoms with Crippen LogP contribution in [0.4, 0.5) is 5.82 Å². The fourth-order valence-corrected chi connectivity index (χ4v) is 6.07. The van der Waals surface area contributed by atoms with E-state index in [-0.39, 0.29) is 11.3 Å². The number of hydrogen-bond donors (Lipinski definition) is 1. The van der Waals surface area contributed by atoms with Gasteiger partial charge in [-0.3, -0.25) is 0 Å². The van der Waals surface area contributed by atoms with E-state index in [1.807, 2.05) is 19.2 Å². The number of anilines is 1. The van der Waals surface area contributed by atoms with Crippen LogP contribution in [0.3, 0.4) is 0 Å². The van der Waals surface area contributed by atoms with Crippen LogP contribution in [0.1, 0.15) is 32.6 Å². The van der Waals surface area contributed by atoms with E-state index in [0.29, 0.717) is 19.5 Å². The second-order valence-corrected chi connectivity index (χ2v) is 8.84. The average molecular weight is 349 g/mol. The molecule has 0 aliphatic carbocycles. The van der Waals surface area contributed by atoms with Crippen molar-refractivity contribution in [2.24, 2.45) is 0 Å². The SMILES string of the molecule is CCCS(=O)(=O)N1CCC12CCCN(c1ncnc3[nH]ccc13)C2. The first-order valence-corrected chi connectivity index (χ1v) is 10.2. The van der Waals surface area contributed by atoms with Crippen molar-refractivity contribution in [3.05, 3.63) is 18.6 Å². The van der Waals surface area contributed by atoms with E-state index < -0.39 is 10.0 Å². The Morgan fingerprint density at radius 3 is 2.92 bits per heavy atom. The Balaban J connectivity index is 1.64. The molecule has 2 aliphatic heterocycles. The molecule has 0 bridgehead atoms. The van der Waals surface area contributed by atoms with Gasteiger partial charge in [-0.25, -0.2) is 18.4 Å². The van der Waals surface area contributed by atoms with Crippen LogP contribution in [0.5, 0.6) is 0 Å². The predicted molar refractivity (Wildman–Crippen MR) is 93.5 cm³/mol. The average Bonchev–Trinajstić information content (AvgIpc) is 3.02. The largest absolute Gasteiger partial charge is 0.354 e. The fraction of sp³-hybridized carbons (Fsp3) is 0.625. The van der Waals surface area contributed by atoms with Gasteiger partial charge in [0, 0.05) is 25.8 Å². The molecule has 2 aromatic heterocycles. The zero-order valence-electron chi connectivity index (χ0n) is 13.9. The molecule has 7 nitrogen and oxygen atoms in total. The molecular weight excluding hydrogens is 326 g/mol. The number of nitrogens with zero attached hydrogens (tertiary/aromatic N) is 4. The summed E-state index contributed by atoms with van der Waals surface area (Å²) in [6, 6.07) is 1.98. The van der Waals surface area contributed by atoms with E-state index in [4.69, 9.17) is 0 Å². The molecule has 1 unspecified atom stereocenters. The van der Waals surface area contributed by atoms with Crippen molar-refractivity contribution in [2.75, 3.05) is 30.3 Å². The minimum Gasteiger partial charge on any atom is -0.354 e. The van der Waals surface area contributed by atoms with Gasteiger partial charge >= 0.3 is 0 Å². The van der Waals surface area contributed by atoms with E-state index in [1.54, 1.807) is 10.6 Å². The van der Waals surface area contributed by atoms with Crippen LogP contribution < -0.4 is 4.90 Å². The van der Waals surface area contributed by atoms with E-state index >= 15 is 0 Å². The van der Waals surface area contributed by atoms with Gasteiger partial charge < -0.3 is 9.88 Å². The molecule has 4 rings (SSSR count). The topological polar surface area (TPSA) is 82.2 Å². The van der Waals surface area contributed by atoms with E-state index in [1.165, 1.54) is 0 Å². The summed E-state index contributed by atoms with van der Waals surface area (Å²) < 4.78 is 26.9. The summed E-state index contributed by atoms with van der Waals surface area (Å²) in [7, 11) is -3.15. The van der Waals surface area contributed by atoms with Crippen molar-refractivity contribution >= 4 is 26.9 Å². The minimum atomic E-state index is -3.15. The highest BCUT2D eigenvalue weighted by molar-refractivity contribution is 7.89. The zero-order valence-corrected chi connectivity index (χ0v) is 14.7. The number of sulfonamides is 1. The van der Waals surface area contributed by atoms with Gasteiger partial charge in [-0.05, 0) is 31.7 Å². The Hall–Kier alpha value is -1.67. The van der Waals surface area contributed by atoms with Gasteiger partial charge in [-0.15, -0.1) is 0 Å². The lowest BCUT2D eigenvalue weighted by Crippen LogP contribution is -2.68. The van der Waals surface area contributed by atoms with E-state index in [2.05, 4.69) is 19.9 Å². The smallest absolute Gasteiger partial charge is 0.214 e. The highest BCUT2D eigenvalue weighted by atomic mass is 32.2. The molecule has 130 valence electrons. The van der Waals surface area contributed by atoms with Gasteiger partial charge in [-0.2, -0.15) is 4.31 Å². The Morgan fingerprint density at radius 1 is 1.29 bits per heavy atom. The molecule has 1 N–H and O–H groups in total. The van der Waals surface area contributed by atoms with Crippen molar-refractivity contribution in [1.29, 1.82) is 0 Å².